The number of halogens is 1. The minimum Gasteiger partial charge on any atom is -0.495 e. The third kappa shape index (κ3) is 5.09. The highest BCUT2D eigenvalue weighted by Gasteiger charge is 2.39. The molecule has 12 heteroatoms. The molecule has 0 aliphatic heterocycles. The topological polar surface area (TPSA) is 126 Å². The van der Waals surface area contributed by atoms with E-state index in [0.29, 0.717) is 23.4 Å². The third-order valence-electron chi connectivity index (χ3n) is 6.11. The number of methoxy groups -OCH3 is 1. The first-order valence-electron chi connectivity index (χ1n) is 11.1. The largest absolute Gasteiger partial charge is 0.495 e. The number of rotatable bonds is 8. The van der Waals surface area contributed by atoms with Gasteiger partial charge in [0, 0.05) is 19.7 Å². The summed E-state index contributed by atoms with van der Waals surface area (Å²) in [5, 5.41) is 8.62. The number of nitrogens with zero attached hydrogens (tertiary/aromatic N) is 3. The van der Waals surface area contributed by atoms with E-state index in [1.54, 1.807) is 18.2 Å². The maximum absolute atomic E-state index is 14.8. The van der Waals surface area contributed by atoms with E-state index in [1.807, 2.05) is 24.3 Å². The number of likely N-dealkylation sites (N-methyl/N-ethyl adjacent to an activating group) is 1. The number of anilines is 3. The zero-order chi connectivity index (χ0) is 26.0. The molecule has 0 saturated carbocycles. The number of aromatic nitrogens is 2. The van der Waals surface area contributed by atoms with Gasteiger partial charge in [0.2, 0.25) is 16.0 Å². The van der Waals surface area contributed by atoms with Gasteiger partial charge in [0.15, 0.2) is 11.6 Å². The molecule has 1 heterocycles. The maximum atomic E-state index is 14.8. The Hall–Kier alpha value is -3.77. The lowest BCUT2D eigenvalue weighted by Gasteiger charge is -2.29. The van der Waals surface area contributed by atoms with Gasteiger partial charge in [0.25, 0.3) is 5.91 Å². The Morgan fingerprint density at radius 2 is 1.97 bits per heavy atom. The van der Waals surface area contributed by atoms with Crippen molar-refractivity contribution in [3.63, 3.8) is 0 Å². The van der Waals surface area contributed by atoms with E-state index in [9.17, 15) is 17.6 Å². The summed E-state index contributed by atoms with van der Waals surface area (Å²) >= 11 is 0. The molecule has 0 radical (unpaired) electrons. The highest BCUT2D eigenvalue weighted by atomic mass is 32.2. The predicted molar refractivity (Wildman–Crippen MR) is 135 cm³/mol. The summed E-state index contributed by atoms with van der Waals surface area (Å²) in [4.78, 5) is 20.2. The van der Waals surface area contributed by atoms with Crippen LogP contribution in [0.1, 0.15) is 27.5 Å². The van der Waals surface area contributed by atoms with Gasteiger partial charge in [0.1, 0.15) is 5.75 Å². The number of carbonyl (C=O) groups is 1. The van der Waals surface area contributed by atoms with Gasteiger partial charge in [-0.15, -0.1) is 0 Å². The van der Waals surface area contributed by atoms with Crippen LogP contribution in [0.5, 0.6) is 5.75 Å². The second-order valence-corrected chi connectivity index (χ2v) is 10.4. The van der Waals surface area contributed by atoms with Gasteiger partial charge < -0.3 is 20.7 Å². The molecule has 4 rings (SSSR count). The summed E-state index contributed by atoms with van der Waals surface area (Å²) in [6.45, 7) is 0. The van der Waals surface area contributed by atoms with E-state index >= 15 is 0 Å². The molecule has 1 aromatic heterocycles. The summed E-state index contributed by atoms with van der Waals surface area (Å²) in [5.74, 6) is -0.555. The number of carbonyl (C=O) groups excluding carboxylic acids is 1. The van der Waals surface area contributed by atoms with E-state index in [-0.39, 0.29) is 17.7 Å². The molecular weight excluding hydrogens is 487 g/mol. The van der Waals surface area contributed by atoms with Crippen LogP contribution in [-0.2, 0) is 16.4 Å². The number of nitrogens with one attached hydrogen (secondary N) is 3. The monoisotopic (exact) mass is 514 g/mol. The number of amides is 1. The third-order valence-corrected chi connectivity index (χ3v) is 7.39. The fourth-order valence-corrected chi connectivity index (χ4v) is 4.94. The molecule has 36 heavy (non-hydrogen) atoms. The normalized spacial score (nSPS) is 16.9. The Balaban J connectivity index is 1.62. The van der Waals surface area contributed by atoms with E-state index in [4.69, 9.17) is 4.74 Å². The summed E-state index contributed by atoms with van der Waals surface area (Å²) in [5.41, 5.74) is 2.72. The molecule has 1 aliphatic rings. The van der Waals surface area contributed by atoms with Crippen LogP contribution in [0.25, 0.3) is 0 Å². The van der Waals surface area contributed by atoms with Crippen LogP contribution in [0.4, 0.5) is 21.8 Å². The summed E-state index contributed by atoms with van der Waals surface area (Å²) in [6, 6.07) is 11.3. The molecule has 1 unspecified atom stereocenters. The van der Waals surface area contributed by atoms with Gasteiger partial charge in [-0.1, -0.05) is 24.3 Å². The lowest BCUT2D eigenvalue weighted by atomic mass is 10.1. The summed E-state index contributed by atoms with van der Waals surface area (Å²) in [7, 11) is 0.980. The SMILES string of the molecule is CNC(=O)c1ccc(Nc2ncc(F)c(NC3Cc4ccccc4[C@H]3N(C)S(C)(=O)=O)n2)c(OC)c1. The summed E-state index contributed by atoms with van der Waals surface area (Å²) in [6.07, 6.45) is 2.66. The van der Waals surface area contributed by atoms with Crippen molar-refractivity contribution in [2.45, 2.75) is 18.5 Å². The number of sulfonamides is 1. The fraction of sp³-hybridized carbons (Fsp3) is 0.292. The van der Waals surface area contributed by atoms with Gasteiger partial charge in [-0.25, -0.2) is 17.8 Å². The minimum absolute atomic E-state index is 0.0712. The Kier molecular flexibility index (Phi) is 7.09. The van der Waals surface area contributed by atoms with E-state index < -0.39 is 27.9 Å². The van der Waals surface area contributed by atoms with Gasteiger partial charge >= 0.3 is 0 Å². The van der Waals surface area contributed by atoms with Crippen molar-refractivity contribution in [3.05, 3.63) is 71.2 Å². The summed E-state index contributed by atoms with van der Waals surface area (Å²) < 4.78 is 46.1. The van der Waals surface area contributed by atoms with Crippen LogP contribution in [0, 0.1) is 5.82 Å². The number of benzene rings is 2. The van der Waals surface area contributed by atoms with Gasteiger partial charge in [-0.05, 0) is 35.7 Å². The standard InChI is InChI=1S/C24H27FN6O4S/c1-26-23(32)15-9-10-18(20(12-15)35-3)29-24-27-13-17(25)22(30-24)28-19-11-14-7-5-6-8-16(14)21(19)31(2)36(4,33)34/h5-10,12-13,19,21H,11H2,1-4H3,(H,26,32)(H2,27,28,29,30)/t19?,21-/m1/s1. The second kappa shape index (κ2) is 10.1. The van der Waals surface area contributed by atoms with Crippen molar-refractivity contribution in [1.82, 2.24) is 19.6 Å². The van der Waals surface area contributed by atoms with Gasteiger partial charge in [-0.3, -0.25) is 4.79 Å². The molecule has 3 aromatic rings. The van der Waals surface area contributed by atoms with Crippen molar-refractivity contribution in [2.24, 2.45) is 0 Å². The number of hydrogen-bond donors (Lipinski definition) is 3. The van der Waals surface area contributed by atoms with Gasteiger partial charge in [-0.2, -0.15) is 9.29 Å². The Bertz CT molecular complexity index is 1400. The zero-order valence-electron chi connectivity index (χ0n) is 20.2. The molecule has 1 aliphatic carbocycles. The number of fused-ring (bicyclic) bond motifs is 1. The molecule has 190 valence electrons. The molecule has 0 spiro atoms. The van der Waals surface area contributed by atoms with Crippen LogP contribution in [-0.4, -0.2) is 62.1 Å². The van der Waals surface area contributed by atoms with Crippen LogP contribution in [0.2, 0.25) is 0 Å². The molecule has 2 atom stereocenters. The minimum atomic E-state index is -3.52. The first-order valence-corrected chi connectivity index (χ1v) is 12.9. The van der Waals surface area contributed by atoms with Crippen molar-refractivity contribution in [2.75, 3.05) is 38.1 Å². The molecule has 0 saturated heterocycles. The first-order chi connectivity index (χ1) is 17.1. The second-order valence-electron chi connectivity index (χ2n) is 8.39. The number of ether oxygens (including phenoxy) is 1. The quantitative estimate of drug-likeness (QED) is 0.419. The zero-order valence-corrected chi connectivity index (χ0v) is 21.1. The molecule has 0 bridgehead atoms. The molecule has 1 amide bonds. The molecule has 3 N–H and O–H groups in total. The van der Waals surface area contributed by atoms with E-state index in [1.165, 1.54) is 25.5 Å². The molecule has 2 aromatic carbocycles. The van der Waals surface area contributed by atoms with Crippen LogP contribution >= 0.6 is 0 Å². The Morgan fingerprint density at radius 3 is 2.67 bits per heavy atom. The van der Waals surface area contributed by atoms with Crippen LogP contribution in [0.15, 0.2) is 48.7 Å². The van der Waals surface area contributed by atoms with Crippen LogP contribution < -0.4 is 20.7 Å². The predicted octanol–water partition coefficient (Wildman–Crippen LogP) is 2.70. The molecule has 0 fully saturated rings. The highest BCUT2D eigenvalue weighted by molar-refractivity contribution is 7.88. The molecular formula is C24H27FN6O4S. The number of hydrogen-bond acceptors (Lipinski definition) is 8. The average Bonchev–Trinajstić information content (AvgIpc) is 3.22. The maximum Gasteiger partial charge on any atom is 0.251 e. The van der Waals surface area contributed by atoms with E-state index in [2.05, 4.69) is 25.9 Å². The van der Waals surface area contributed by atoms with Crippen molar-refractivity contribution in [1.29, 1.82) is 0 Å². The smallest absolute Gasteiger partial charge is 0.251 e. The van der Waals surface area contributed by atoms with Crippen molar-refractivity contribution in [3.8, 4) is 5.75 Å². The van der Waals surface area contributed by atoms with Crippen molar-refractivity contribution < 1.29 is 22.3 Å². The van der Waals surface area contributed by atoms with E-state index in [0.717, 1.165) is 23.6 Å². The Morgan fingerprint density at radius 1 is 1.22 bits per heavy atom. The van der Waals surface area contributed by atoms with Crippen molar-refractivity contribution >= 4 is 33.4 Å². The highest BCUT2D eigenvalue weighted by Crippen LogP contribution is 2.38. The fourth-order valence-electron chi connectivity index (χ4n) is 4.26. The van der Waals surface area contributed by atoms with Crippen LogP contribution in [0.3, 0.4) is 0 Å². The van der Waals surface area contributed by atoms with Gasteiger partial charge in [0.05, 0.1) is 37.3 Å². The Labute approximate surface area is 209 Å². The lowest BCUT2D eigenvalue weighted by molar-refractivity contribution is 0.0962. The first kappa shape index (κ1) is 25.3. The lowest BCUT2D eigenvalue weighted by Crippen LogP contribution is -2.39. The average molecular weight is 515 g/mol. The molecule has 10 nitrogen and oxygen atoms in total.